The van der Waals surface area contributed by atoms with Crippen LogP contribution in [-0.2, 0) is 23.9 Å². The third-order valence-electron chi connectivity index (χ3n) is 10.2. The standard InChI is InChI=1S/C36H42F6N4O2/c1-34(2)16-26-29(27(47)17-34)28(22-8-12-35(38,39)13-9-22)30(31(37)23-4-6-25(7-5-23)36(40,41)42)32(45-26)24-10-14-46(15-11-24)33-43-18-21(19-44-33)20-48-3/h4-7,18-19,22,24,27,31,47H,8-17,20H2,1-3H3/t27-,31?/m0/s1. The molecule has 0 amide bonds. The van der Waals surface area contributed by atoms with Crippen LogP contribution in [0.3, 0.4) is 0 Å². The second-order valence-electron chi connectivity index (χ2n) is 14.4. The zero-order valence-electron chi connectivity index (χ0n) is 27.5. The molecule has 0 spiro atoms. The van der Waals surface area contributed by atoms with Crippen LogP contribution in [0.2, 0.25) is 0 Å². The summed E-state index contributed by atoms with van der Waals surface area (Å²) in [6.07, 6.45) is -2.40. The number of fused-ring (bicyclic) bond motifs is 1. The Morgan fingerprint density at radius 1 is 0.958 bits per heavy atom. The SMILES string of the molecule is COCc1cnc(N2CCC(c3nc4c(c(C5CCC(F)(F)CC5)c3C(F)c3ccc(C(F)(F)F)cc3)[C@@H](O)CC(C)(C)C4)CC2)nc1. The second-order valence-corrected chi connectivity index (χ2v) is 14.4. The van der Waals surface area contributed by atoms with E-state index >= 15 is 4.39 Å². The largest absolute Gasteiger partial charge is 0.416 e. The maximum absolute atomic E-state index is 17.2. The first-order valence-corrected chi connectivity index (χ1v) is 16.6. The van der Waals surface area contributed by atoms with E-state index in [0.717, 1.165) is 29.8 Å². The second kappa shape index (κ2) is 13.2. The van der Waals surface area contributed by atoms with Gasteiger partial charge in [-0.05, 0) is 73.1 Å². The zero-order chi connectivity index (χ0) is 34.4. The molecular weight excluding hydrogens is 634 g/mol. The third-order valence-corrected chi connectivity index (χ3v) is 10.2. The van der Waals surface area contributed by atoms with Gasteiger partial charge in [0.15, 0.2) is 6.17 Å². The molecule has 6 rings (SSSR count). The molecule has 1 aliphatic heterocycles. The zero-order valence-corrected chi connectivity index (χ0v) is 27.5. The first-order chi connectivity index (χ1) is 22.7. The van der Waals surface area contributed by atoms with Gasteiger partial charge in [-0.3, -0.25) is 4.98 Å². The van der Waals surface area contributed by atoms with Crippen LogP contribution in [0.5, 0.6) is 0 Å². The number of hydrogen-bond donors (Lipinski definition) is 1. The van der Waals surface area contributed by atoms with Gasteiger partial charge in [-0.1, -0.05) is 26.0 Å². The molecule has 1 saturated heterocycles. The van der Waals surface area contributed by atoms with Crippen LogP contribution >= 0.6 is 0 Å². The number of ether oxygens (including phenoxy) is 1. The summed E-state index contributed by atoms with van der Waals surface area (Å²) in [5, 5.41) is 11.6. The van der Waals surface area contributed by atoms with Crippen molar-refractivity contribution in [1.82, 2.24) is 15.0 Å². The highest BCUT2D eigenvalue weighted by Gasteiger charge is 2.43. The Bertz CT molecular complexity index is 1580. The Morgan fingerprint density at radius 2 is 1.58 bits per heavy atom. The molecule has 1 unspecified atom stereocenters. The lowest BCUT2D eigenvalue weighted by Crippen LogP contribution is -2.36. The average molecular weight is 677 g/mol. The van der Waals surface area contributed by atoms with E-state index in [1.165, 1.54) is 0 Å². The summed E-state index contributed by atoms with van der Waals surface area (Å²) in [4.78, 5) is 16.1. The number of pyridine rings is 1. The molecule has 2 fully saturated rings. The van der Waals surface area contributed by atoms with Gasteiger partial charge < -0.3 is 14.7 Å². The Labute approximate surface area is 277 Å². The molecule has 2 aromatic heterocycles. The maximum Gasteiger partial charge on any atom is 0.416 e. The van der Waals surface area contributed by atoms with Crippen molar-refractivity contribution in [3.05, 3.63) is 81.4 Å². The average Bonchev–Trinajstić information content (AvgIpc) is 3.03. The molecule has 3 aromatic rings. The smallest absolute Gasteiger partial charge is 0.388 e. The van der Waals surface area contributed by atoms with E-state index < -0.39 is 35.9 Å². The predicted octanol–water partition coefficient (Wildman–Crippen LogP) is 8.78. The van der Waals surface area contributed by atoms with Gasteiger partial charge in [0.05, 0.1) is 24.0 Å². The fourth-order valence-corrected chi connectivity index (χ4v) is 7.82. The fourth-order valence-electron chi connectivity index (χ4n) is 7.82. The molecule has 2 atom stereocenters. The number of piperidine rings is 1. The van der Waals surface area contributed by atoms with Gasteiger partial charge in [0.25, 0.3) is 0 Å². The van der Waals surface area contributed by atoms with Crippen molar-refractivity contribution >= 4 is 5.95 Å². The number of halogens is 6. The molecule has 1 aromatic carbocycles. The molecule has 0 radical (unpaired) electrons. The minimum Gasteiger partial charge on any atom is -0.388 e. The first kappa shape index (κ1) is 34.6. The summed E-state index contributed by atoms with van der Waals surface area (Å²) < 4.78 is 91.4. The Balaban J connectivity index is 1.44. The number of hydrogen-bond acceptors (Lipinski definition) is 6. The summed E-state index contributed by atoms with van der Waals surface area (Å²) in [5.74, 6) is -2.92. The van der Waals surface area contributed by atoms with E-state index in [0.29, 0.717) is 73.8 Å². The van der Waals surface area contributed by atoms with Gasteiger partial charge in [-0.15, -0.1) is 0 Å². The fraction of sp³-hybridized carbons (Fsp3) is 0.583. The molecule has 6 nitrogen and oxygen atoms in total. The summed E-state index contributed by atoms with van der Waals surface area (Å²) >= 11 is 0. The van der Waals surface area contributed by atoms with Gasteiger partial charge >= 0.3 is 6.18 Å². The minimum absolute atomic E-state index is 0.0287. The van der Waals surface area contributed by atoms with Gasteiger partial charge in [0.2, 0.25) is 11.9 Å². The van der Waals surface area contributed by atoms with Crippen LogP contribution in [0.25, 0.3) is 0 Å². The van der Waals surface area contributed by atoms with E-state index in [4.69, 9.17) is 9.72 Å². The molecule has 260 valence electrons. The maximum atomic E-state index is 17.2. The molecule has 3 heterocycles. The molecule has 1 N–H and O–H groups in total. The molecular formula is C36H42F6N4O2. The lowest BCUT2D eigenvalue weighted by atomic mass is 9.68. The first-order valence-electron chi connectivity index (χ1n) is 16.6. The molecule has 3 aliphatic rings. The lowest BCUT2D eigenvalue weighted by Gasteiger charge is -2.41. The molecule has 2 aliphatic carbocycles. The van der Waals surface area contributed by atoms with Crippen molar-refractivity contribution in [3.63, 3.8) is 0 Å². The molecule has 12 heteroatoms. The van der Waals surface area contributed by atoms with Crippen LogP contribution < -0.4 is 4.90 Å². The monoisotopic (exact) mass is 676 g/mol. The number of methoxy groups -OCH3 is 1. The van der Waals surface area contributed by atoms with Gasteiger partial charge in [0, 0.05) is 73.7 Å². The number of nitrogens with zero attached hydrogens (tertiary/aromatic N) is 4. The summed E-state index contributed by atoms with van der Waals surface area (Å²) in [7, 11) is 1.60. The summed E-state index contributed by atoms with van der Waals surface area (Å²) in [6.45, 7) is 5.58. The van der Waals surface area contributed by atoms with Crippen molar-refractivity contribution in [3.8, 4) is 0 Å². The number of benzene rings is 1. The van der Waals surface area contributed by atoms with Crippen LogP contribution in [-0.4, -0.2) is 46.2 Å². The van der Waals surface area contributed by atoms with Crippen LogP contribution in [0.1, 0.15) is 128 Å². The summed E-state index contributed by atoms with van der Waals surface area (Å²) in [6, 6.07) is 4.01. The topological polar surface area (TPSA) is 71.4 Å². The Hall–Kier alpha value is -3.25. The van der Waals surface area contributed by atoms with Crippen molar-refractivity contribution < 1.29 is 36.2 Å². The van der Waals surface area contributed by atoms with Crippen molar-refractivity contribution in [2.75, 3.05) is 25.1 Å². The van der Waals surface area contributed by atoms with E-state index in [-0.39, 0.29) is 48.1 Å². The van der Waals surface area contributed by atoms with E-state index in [2.05, 4.69) is 9.97 Å². The van der Waals surface area contributed by atoms with E-state index in [1.807, 2.05) is 18.7 Å². The number of rotatable bonds is 7. The minimum atomic E-state index is -4.58. The van der Waals surface area contributed by atoms with Gasteiger partial charge in [0.1, 0.15) is 0 Å². The number of aliphatic hydroxyl groups is 1. The Kier molecular flexibility index (Phi) is 9.54. The third kappa shape index (κ3) is 7.20. The van der Waals surface area contributed by atoms with E-state index in [1.54, 1.807) is 19.5 Å². The van der Waals surface area contributed by atoms with E-state index in [9.17, 15) is 27.1 Å². The van der Waals surface area contributed by atoms with Gasteiger partial charge in [-0.25, -0.2) is 23.1 Å². The van der Waals surface area contributed by atoms with Crippen molar-refractivity contribution in [1.29, 1.82) is 0 Å². The highest BCUT2D eigenvalue weighted by atomic mass is 19.4. The number of alkyl halides is 6. The van der Waals surface area contributed by atoms with Crippen LogP contribution in [0.4, 0.5) is 32.3 Å². The normalized spacial score (nSPS) is 22.4. The number of anilines is 1. The summed E-state index contributed by atoms with van der Waals surface area (Å²) in [5.41, 5.74) is 2.11. The van der Waals surface area contributed by atoms with Crippen LogP contribution in [0.15, 0.2) is 36.7 Å². The number of aromatic nitrogens is 3. The molecule has 1 saturated carbocycles. The van der Waals surface area contributed by atoms with Crippen molar-refractivity contribution in [2.45, 2.75) is 108 Å². The highest BCUT2D eigenvalue weighted by molar-refractivity contribution is 5.51. The van der Waals surface area contributed by atoms with Crippen LogP contribution in [0, 0.1) is 5.41 Å². The highest BCUT2D eigenvalue weighted by Crippen LogP contribution is 2.52. The number of aliphatic hydroxyl groups excluding tert-OH is 1. The molecule has 48 heavy (non-hydrogen) atoms. The predicted molar refractivity (Wildman–Crippen MR) is 169 cm³/mol. The quantitative estimate of drug-likeness (QED) is 0.253. The lowest BCUT2D eigenvalue weighted by molar-refractivity contribution is -0.137. The van der Waals surface area contributed by atoms with Crippen molar-refractivity contribution in [2.24, 2.45) is 5.41 Å². The molecule has 0 bridgehead atoms. The Morgan fingerprint density at radius 3 is 2.17 bits per heavy atom. The van der Waals surface area contributed by atoms with Gasteiger partial charge in [-0.2, -0.15) is 13.2 Å².